The van der Waals surface area contributed by atoms with Gasteiger partial charge in [0.25, 0.3) is 5.91 Å². The van der Waals surface area contributed by atoms with E-state index < -0.39 is 11.7 Å². The quantitative estimate of drug-likeness (QED) is 0.635. The van der Waals surface area contributed by atoms with Crippen LogP contribution in [-0.4, -0.2) is 61.9 Å². The fourth-order valence-corrected chi connectivity index (χ4v) is 3.45. The molecule has 11 heteroatoms. The van der Waals surface area contributed by atoms with E-state index in [1.165, 1.54) is 6.07 Å². The Labute approximate surface area is 176 Å². The first kappa shape index (κ1) is 20.8. The monoisotopic (exact) mass is 431 g/mol. The van der Waals surface area contributed by atoms with Crippen molar-refractivity contribution in [3.63, 3.8) is 0 Å². The van der Waals surface area contributed by atoms with Gasteiger partial charge in [-0.15, -0.1) is 10.2 Å². The Morgan fingerprint density at radius 2 is 1.68 bits per heavy atom. The van der Waals surface area contributed by atoms with Crippen LogP contribution in [0.3, 0.4) is 0 Å². The first-order valence-electron chi connectivity index (χ1n) is 9.67. The average Bonchev–Trinajstić information content (AvgIpc) is 3.11. The van der Waals surface area contributed by atoms with E-state index in [1.54, 1.807) is 21.7 Å². The first-order valence-corrected chi connectivity index (χ1v) is 9.67. The smallest absolute Gasteiger partial charge is 0.353 e. The van der Waals surface area contributed by atoms with E-state index in [1.807, 2.05) is 24.8 Å². The number of aromatic nitrogens is 5. The Morgan fingerprint density at radius 3 is 2.19 bits per heavy atom. The molecule has 8 nitrogen and oxygen atoms in total. The molecule has 4 rings (SSSR count). The predicted octanol–water partition coefficient (Wildman–Crippen LogP) is 2.66. The zero-order chi connectivity index (χ0) is 22.2. The van der Waals surface area contributed by atoms with Crippen molar-refractivity contribution in [1.82, 2.24) is 29.9 Å². The summed E-state index contributed by atoms with van der Waals surface area (Å²) in [5, 5.41) is 12.5. The summed E-state index contributed by atoms with van der Waals surface area (Å²) in [4.78, 5) is 20.2. The lowest BCUT2D eigenvalue weighted by atomic mass is 10.2. The molecule has 0 aliphatic carbocycles. The fourth-order valence-electron chi connectivity index (χ4n) is 3.45. The predicted molar refractivity (Wildman–Crippen MR) is 106 cm³/mol. The van der Waals surface area contributed by atoms with Gasteiger partial charge in [-0.3, -0.25) is 4.79 Å². The van der Waals surface area contributed by atoms with E-state index in [4.69, 9.17) is 0 Å². The number of anilines is 1. The third kappa shape index (κ3) is 4.35. The zero-order valence-corrected chi connectivity index (χ0v) is 17.0. The minimum atomic E-state index is -4.41. The van der Waals surface area contributed by atoms with Crippen molar-refractivity contribution in [3.05, 3.63) is 59.2 Å². The van der Waals surface area contributed by atoms with Gasteiger partial charge in [-0.2, -0.15) is 18.3 Å². The maximum atomic E-state index is 12.8. The molecular weight excluding hydrogens is 411 g/mol. The third-order valence-electron chi connectivity index (χ3n) is 5.06. The van der Waals surface area contributed by atoms with Crippen LogP contribution in [0, 0.1) is 13.8 Å². The molecule has 0 bridgehead atoms. The van der Waals surface area contributed by atoms with Crippen LogP contribution in [0.25, 0.3) is 5.82 Å². The Hall–Kier alpha value is -3.50. The van der Waals surface area contributed by atoms with Gasteiger partial charge in [-0.05, 0) is 44.2 Å². The Kier molecular flexibility index (Phi) is 5.34. The highest BCUT2D eigenvalue weighted by Crippen LogP contribution is 2.29. The van der Waals surface area contributed by atoms with Gasteiger partial charge in [0, 0.05) is 38.1 Å². The highest BCUT2D eigenvalue weighted by atomic mass is 19.4. The van der Waals surface area contributed by atoms with Gasteiger partial charge in [0.05, 0.1) is 11.3 Å². The maximum Gasteiger partial charge on any atom is 0.417 e. The number of piperazine rings is 1. The molecule has 1 aliphatic rings. The summed E-state index contributed by atoms with van der Waals surface area (Å²) in [5.74, 6) is 0.738. The maximum absolute atomic E-state index is 12.8. The Bertz CT molecular complexity index is 1070. The van der Waals surface area contributed by atoms with Gasteiger partial charge < -0.3 is 9.80 Å². The highest BCUT2D eigenvalue weighted by Gasteiger charge is 2.31. The number of amides is 1. The molecule has 1 fully saturated rings. The van der Waals surface area contributed by atoms with Crippen LogP contribution in [0.2, 0.25) is 0 Å². The lowest BCUT2D eigenvalue weighted by Gasteiger charge is -2.35. The Balaban J connectivity index is 1.38. The minimum absolute atomic E-state index is 0.228. The van der Waals surface area contributed by atoms with E-state index in [2.05, 4.69) is 20.3 Å². The fraction of sp³-hybridized carbons (Fsp3) is 0.350. The van der Waals surface area contributed by atoms with Crippen LogP contribution in [0.4, 0.5) is 19.0 Å². The Morgan fingerprint density at radius 1 is 0.968 bits per heavy atom. The second-order valence-corrected chi connectivity index (χ2v) is 7.30. The number of hydrogen-bond donors (Lipinski definition) is 0. The zero-order valence-electron chi connectivity index (χ0n) is 17.0. The molecule has 1 amide bonds. The number of carbonyl (C=O) groups excluding carboxylic acids is 1. The highest BCUT2D eigenvalue weighted by molar-refractivity contribution is 5.92. The second-order valence-electron chi connectivity index (χ2n) is 7.30. The lowest BCUT2D eigenvalue weighted by molar-refractivity contribution is -0.137. The van der Waals surface area contributed by atoms with Crippen molar-refractivity contribution in [3.8, 4) is 5.82 Å². The molecule has 0 radical (unpaired) electrons. The molecule has 3 aromatic heterocycles. The number of halogens is 3. The number of rotatable bonds is 3. The summed E-state index contributed by atoms with van der Waals surface area (Å²) in [7, 11) is 0. The van der Waals surface area contributed by atoms with Crippen molar-refractivity contribution in [2.45, 2.75) is 20.0 Å². The normalized spacial score (nSPS) is 14.7. The van der Waals surface area contributed by atoms with Gasteiger partial charge >= 0.3 is 6.18 Å². The summed E-state index contributed by atoms with van der Waals surface area (Å²) in [6.07, 6.45) is -3.59. The van der Waals surface area contributed by atoms with Gasteiger partial charge in [-0.25, -0.2) is 9.67 Å². The number of alkyl halides is 3. The number of pyridine rings is 1. The second kappa shape index (κ2) is 7.97. The minimum Gasteiger partial charge on any atom is -0.353 e. The molecule has 0 atom stereocenters. The molecule has 4 heterocycles. The van der Waals surface area contributed by atoms with Crippen molar-refractivity contribution in [2.75, 3.05) is 31.1 Å². The number of aryl methyl sites for hydroxylation is 2. The van der Waals surface area contributed by atoms with Gasteiger partial charge in [0.15, 0.2) is 11.5 Å². The van der Waals surface area contributed by atoms with Crippen molar-refractivity contribution in [1.29, 1.82) is 0 Å². The SMILES string of the molecule is Cc1cc(C)n(-c2ccc(C(=O)N3CCN(c4ccc(C(F)(F)F)cn4)CC3)nn2)n1. The van der Waals surface area contributed by atoms with Gasteiger partial charge in [0.1, 0.15) is 5.82 Å². The number of hydrogen-bond acceptors (Lipinski definition) is 6. The molecule has 0 N–H and O–H groups in total. The van der Waals surface area contributed by atoms with Crippen LogP contribution < -0.4 is 4.90 Å². The van der Waals surface area contributed by atoms with E-state index in [0.717, 1.165) is 23.7 Å². The van der Waals surface area contributed by atoms with Crippen LogP contribution in [0.5, 0.6) is 0 Å². The molecular formula is C20H20F3N7O. The standard InChI is InChI=1S/C20H20F3N7O/c1-13-11-14(2)30(27-13)18-6-4-16(25-26-18)19(31)29-9-7-28(8-10-29)17-5-3-15(12-24-17)20(21,22)23/h3-6,11-12H,7-10H2,1-2H3. The van der Waals surface area contributed by atoms with E-state index in [-0.39, 0.29) is 11.6 Å². The molecule has 31 heavy (non-hydrogen) atoms. The molecule has 0 spiro atoms. The molecule has 162 valence electrons. The topological polar surface area (TPSA) is 80.0 Å². The van der Waals surface area contributed by atoms with E-state index in [9.17, 15) is 18.0 Å². The molecule has 0 unspecified atom stereocenters. The molecule has 3 aromatic rings. The van der Waals surface area contributed by atoms with E-state index >= 15 is 0 Å². The van der Waals surface area contributed by atoms with E-state index in [0.29, 0.717) is 37.8 Å². The summed E-state index contributed by atoms with van der Waals surface area (Å²) in [5.41, 5.74) is 1.22. The van der Waals surface area contributed by atoms with Crippen molar-refractivity contribution < 1.29 is 18.0 Å². The van der Waals surface area contributed by atoms with Crippen LogP contribution in [-0.2, 0) is 6.18 Å². The summed E-state index contributed by atoms with van der Waals surface area (Å²) >= 11 is 0. The third-order valence-corrected chi connectivity index (χ3v) is 5.06. The first-order chi connectivity index (χ1) is 14.7. The molecule has 1 aliphatic heterocycles. The van der Waals surface area contributed by atoms with Crippen LogP contribution in [0.1, 0.15) is 27.4 Å². The molecule has 0 aromatic carbocycles. The lowest BCUT2D eigenvalue weighted by Crippen LogP contribution is -2.49. The molecule has 1 saturated heterocycles. The number of carbonyl (C=O) groups is 1. The van der Waals surface area contributed by atoms with Crippen molar-refractivity contribution in [2.24, 2.45) is 0 Å². The summed E-state index contributed by atoms with van der Waals surface area (Å²) in [6.45, 7) is 5.52. The van der Waals surface area contributed by atoms with Gasteiger partial charge in [0.2, 0.25) is 0 Å². The van der Waals surface area contributed by atoms with Crippen molar-refractivity contribution >= 4 is 11.7 Å². The van der Waals surface area contributed by atoms with Gasteiger partial charge in [-0.1, -0.05) is 0 Å². The van der Waals surface area contributed by atoms with Crippen LogP contribution in [0.15, 0.2) is 36.5 Å². The van der Waals surface area contributed by atoms with Crippen LogP contribution >= 0.6 is 0 Å². The summed E-state index contributed by atoms with van der Waals surface area (Å²) in [6, 6.07) is 7.60. The number of nitrogens with zero attached hydrogens (tertiary/aromatic N) is 7. The largest absolute Gasteiger partial charge is 0.417 e. The average molecular weight is 431 g/mol. The molecule has 0 saturated carbocycles. The summed E-state index contributed by atoms with van der Waals surface area (Å²) < 4.78 is 39.7.